The first-order valence-corrected chi connectivity index (χ1v) is 24.9. The molecule has 0 spiro atoms. The molecule has 428 valence electrons. The molecule has 4 rings (SSSR count). The Morgan fingerprint density at radius 1 is 0.623 bits per heavy atom. The van der Waals surface area contributed by atoms with Crippen LogP contribution in [0.5, 0.6) is 0 Å². The van der Waals surface area contributed by atoms with Crippen LogP contribution in [0.4, 0.5) is 9.59 Å². The fraction of sp³-hybridized carbons (Fsp3) is 0.644. The molecule has 2 aliphatic rings. The minimum atomic E-state index is -1.75. The topological polar surface area (TPSA) is 499 Å². The minimum absolute atomic E-state index is 0.177. The van der Waals surface area contributed by atoms with Gasteiger partial charge in [-0.15, -0.1) is 10.2 Å². The van der Waals surface area contributed by atoms with Crippen molar-refractivity contribution in [1.82, 2.24) is 51.3 Å². The molecule has 0 fully saturated rings. The lowest BCUT2D eigenvalue weighted by Crippen LogP contribution is -2.61. The molecular weight excluding hydrogens is 1020 g/mol. The number of carboxylic acids is 2. The maximum Gasteiger partial charge on any atom is 0.407 e. The van der Waals surface area contributed by atoms with Crippen molar-refractivity contribution in [2.24, 2.45) is 32.9 Å². The standard InChI is InChI=1S/C45H72N16O16/c1-24(64)52-34-28(54-42(46)47)18-32(40(68)69)74-38(34)36(30(66)22-62)76-44(72)50-14-8-4-10-16-60-20-26(56-58-60)12-6-3-7-13-27-21-61(59-57-27)17-11-5-9-15-51-45(73)77-37(31(67)23-63)39-35(53-25(2)65)29(55-43(48)49)19-33(75-39)41(70)71/h18-21,28-31,34-39,62-63,66-67H,3-17,22-23H2,1-2H3,(H,50,72)(H,51,73)(H,52,64)(H,53,65)(H,68,69)(H,70,71)(H4,46,47,54)(H4,48,49,55)/t28-,29-,30+,31+,34+,35+,36+,37+,38+,39+/m0/s1. The average Bonchev–Trinajstić information content (AvgIpc) is 4.03. The Morgan fingerprint density at radius 2 is 1.00 bits per heavy atom. The highest BCUT2D eigenvalue weighted by atomic mass is 16.6. The number of hydrogen-bond acceptors (Lipinski definition) is 20. The predicted molar refractivity (Wildman–Crippen MR) is 267 cm³/mol. The van der Waals surface area contributed by atoms with Crippen molar-refractivity contribution in [1.29, 1.82) is 0 Å². The summed E-state index contributed by atoms with van der Waals surface area (Å²) in [7, 11) is 0. The van der Waals surface area contributed by atoms with Crippen molar-refractivity contribution in [3.05, 3.63) is 47.5 Å². The molecule has 2 aliphatic heterocycles. The number of nitrogens with zero attached hydrogens (tertiary/aromatic N) is 8. The average molecular weight is 1090 g/mol. The highest BCUT2D eigenvalue weighted by Gasteiger charge is 2.48. The Balaban J connectivity index is 1.10. The van der Waals surface area contributed by atoms with E-state index < -0.39 is 133 Å². The number of aliphatic carboxylic acids is 2. The molecule has 0 bridgehead atoms. The fourth-order valence-corrected chi connectivity index (χ4v) is 8.31. The third kappa shape index (κ3) is 20.7. The number of aliphatic hydroxyl groups is 4. The summed E-state index contributed by atoms with van der Waals surface area (Å²) in [5.41, 5.74) is 23.8. The molecule has 0 unspecified atom stereocenters. The van der Waals surface area contributed by atoms with E-state index in [9.17, 15) is 59.4 Å². The Hall–Kier alpha value is -7.84. The predicted octanol–water partition coefficient (Wildman–Crippen LogP) is -3.91. The van der Waals surface area contributed by atoms with Gasteiger partial charge in [-0.1, -0.05) is 16.8 Å². The van der Waals surface area contributed by atoms with Gasteiger partial charge in [-0.3, -0.25) is 19.0 Å². The Labute approximate surface area is 441 Å². The van der Waals surface area contributed by atoms with E-state index in [4.69, 9.17) is 41.9 Å². The van der Waals surface area contributed by atoms with Gasteiger partial charge in [-0.2, -0.15) is 0 Å². The quantitative estimate of drug-likeness (QED) is 0.0189. The fourth-order valence-electron chi connectivity index (χ4n) is 8.31. The van der Waals surface area contributed by atoms with Gasteiger partial charge >= 0.3 is 24.1 Å². The lowest BCUT2D eigenvalue weighted by atomic mass is 9.92. The van der Waals surface area contributed by atoms with Gasteiger partial charge in [0.2, 0.25) is 23.3 Å². The van der Waals surface area contributed by atoms with Crippen molar-refractivity contribution < 1.29 is 78.4 Å². The first kappa shape index (κ1) is 61.7. The second-order valence-corrected chi connectivity index (χ2v) is 18.1. The molecule has 0 aromatic carbocycles. The number of ether oxygens (including phenoxy) is 4. The molecule has 0 saturated carbocycles. The van der Waals surface area contributed by atoms with Gasteiger partial charge in [0.25, 0.3) is 0 Å². The van der Waals surface area contributed by atoms with Crippen molar-refractivity contribution in [2.75, 3.05) is 26.3 Å². The zero-order valence-electron chi connectivity index (χ0n) is 42.8. The van der Waals surface area contributed by atoms with Crippen molar-refractivity contribution in [3.63, 3.8) is 0 Å². The van der Waals surface area contributed by atoms with Gasteiger partial charge in [0.05, 0.1) is 48.8 Å². The monoisotopic (exact) mass is 1090 g/mol. The lowest BCUT2D eigenvalue weighted by Gasteiger charge is -2.39. The van der Waals surface area contributed by atoms with Crippen molar-refractivity contribution in [2.45, 2.75) is 158 Å². The van der Waals surface area contributed by atoms with Crippen LogP contribution < -0.4 is 44.2 Å². The summed E-state index contributed by atoms with van der Waals surface area (Å²) < 4.78 is 25.4. The van der Waals surface area contributed by atoms with E-state index in [1.54, 1.807) is 9.36 Å². The molecule has 0 aliphatic carbocycles. The number of nitrogens with two attached hydrogens (primary N) is 4. The smallest absolute Gasteiger partial charge is 0.407 e. The van der Waals surface area contributed by atoms with Gasteiger partial charge in [-0.25, -0.2) is 29.2 Å². The molecule has 32 nitrogen and oxygen atoms in total. The lowest BCUT2D eigenvalue weighted by molar-refractivity contribution is -0.147. The maximum absolute atomic E-state index is 12.8. The molecule has 0 saturated heterocycles. The highest BCUT2D eigenvalue weighted by molar-refractivity contribution is 5.86. The van der Waals surface area contributed by atoms with Crippen LogP contribution in [0.15, 0.2) is 46.0 Å². The molecule has 2 aromatic rings. The van der Waals surface area contributed by atoms with Crippen LogP contribution in [0.2, 0.25) is 0 Å². The summed E-state index contributed by atoms with van der Waals surface area (Å²) >= 11 is 0. The number of guanidine groups is 2. The molecule has 4 amide bonds. The van der Waals surface area contributed by atoms with Gasteiger partial charge in [0, 0.05) is 52.4 Å². The van der Waals surface area contributed by atoms with E-state index in [0.29, 0.717) is 38.8 Å². The van der Waals surface area contributed by atoms with Gasteiger partial charge in [0.15, 0.2) is 36.3 Å². The number of carboxylic acid groups (broad SMARTS) is 2. The van der Waals surface area contributed by atoms with Gasteiger partial charge in [-0.05, 0) is 76.4 Å². The number of aryl methyl sites for hydroxylation is 4. The van der Waals surface area contributed by atoms with E-state index in [2.05, 4.69) is 51.9 Å². The molecule has 18 N–H and O–H groups in total. The van der Waals surface area contributed by atoms with Gasteiger partial charge < -0.3 is 93.8 Å². The SMILES string of the molecule is CC(=O)N[C@H]1[C@H]([C@H](OC(=O)NCCCCCn2cc(CCCCCc3cn(CCCCCNC(=O)O[C@@H]([C@@H]4OC(C(=O)O)=C[C@H](N=C(N)N)[C@H]4NC(C)=O)[C@H](O)CO)nn3)nn2)[C@H](O)CO)OC(C(=O)O)=C[C@@H]1N=C(N)N. The second-order valence-electron chi connectivity index (χ2n) is 18.1. The Morgan fingerprint density at radius 3 is 1.34 bits per heavy atom. The zero-order chi connectivity index (χ0) is 56.6. The van der Waals surface area contributed by atoms with Crippen molar-refractivity contribution in [3.8, 4) is 0 Å². The number of aliphatic hydroxyl groups excluding tert-OH is 4. The number of rotatable bonds is 32. The molecular formula is C45H72N16O16. The Bertz CT molecular complexity index is 2230. The first-order chi connectivity index (χ1) is 36.7. The maximum atomic E-state index is 12.8. The number of aromatic nitrogens is 6. The van der Waals surface area contributed by atoms with E-state index in [-0.39, 0.29) is 13.1 Å². The number of aliphatic imine (C=N–C) groups is 2. The molecule has 32 heteroatoms. The number of alkyl carbamates (subject to hydrolysis) is 2. The molecule has 77 heavy (non-hydrogen) atoms. The van der Waals surface area contributed by atoms with Gasteiger partial charge in [0.1, 0.15) is 12.2 Å². The summed E-state index contributed by atoms with van der Waals surface area (Å²) in [6.07, 6.45) is 2.13. The summed E-state index contributed by atoms with van der Waals surface area (Å²) in [5.74, 6) is -6.32. The summed E-state index contributed by atoms with van der Waals surface area (Å²) in [5, 5.41) is 87.1. The van der Waals surface area contributed by atoms with Crippen LogP contribution >= 0.6 is 0 Å². The molecule has 10 atom stereocenters. The number of unbranched alkanes of at least 4 members (excludes halogenated alkanes) is 6. The molecule has 0 radical (unpaired) electrons. The first-order valence-electron chi connectivity index (χ1n) is 24.9. The summed E-state index contributed by atoms with van der Waals surface area (Å²) in [4.78, 5) is 81.4. The van der Waals surface area contributed by atoms with Crippen LogP contribution in [0.3, 0.4) is 0 Å². The van der Waals surface area contributed by atoms with Crippen LogP contribution in [0.1, 0.15) is 83.0 Å². The highest BCUT2D eigenvalue weighted by Crippen LogP contribution is 2.28. The summed E-state index contributed by atoms with van der Waals surface area (Å²) in [6, 6.07) is -4.77. The van der Waals surface area contributed by atoms with Crippen molar-refractivity contribution >= 4 is 47.9 Å². The van der Waals surface area contributed by atoms with Crippen LogP contribution in [-0.4, -0.2) is 196 Å². The molecule has 4 heterocycles. The third-order valence-corrected chi connectivity index (χ3v) is 11.8. The third-order valence-electron chi connectivity index (χ3n) is 11.8. The van der Waals surface area contributed by atoms with E-state index in [1.165, 1.54) is 13.8 Å². The second kappa shape index (κ2) is 31.3. The zero-order valence-corrected chi connectivity index (χ0v) is 42.8. The number of carbonyl (C=O) groups excluding carboxylic acids is 4. The number of hydrogen-bond donors (Lipinski definition) is 14. The van der Waals surface area contributed by atoms with Crippen LogP contribution in [-0.2, 0) is 64.1 Å². The number of nitrogens with one attached hydrogen (secondary N) is 4. The van der Waals surface area contributed by atoms with Crippen LogP contribution in [0.25, 0.3) is 0 Å². The Kier molecular flexibility index (Phi) is 25.1. The van der Waals surface area contributed by atoms with E-state index in [0.717, 1.165) is 68.5 Å². The normalized spacial score (nSPS) is 20.4. The van der Waals surface area contributed by atoms with E-state index >= 15 is 0 Å². The minimum Gasteiger partial charge on any atom is -0.477 e. The van der Waals surface area contributed by atoms with Crippen LogP contribution in [0, 0.1) is 0 Å². The molecule has 2 aromatic heterocycles. The number of carbonyl (C=O) groups is 6. The largest absolute Gasteiger partial charge is 0.477 e. The van der Waals surface area contributed by atoms with E-state index in [1.807, 2.05) is 12.4 Å². The summed E-state index contributed by atoms with van der Waals surface area (Å²) in [6.45, 7) is 2.08. The number of amides is 4.